The monoisotopic (exact) mass is 419 g/mol. The molecule has 0 aliphatic heterocycles. The van der Waals surface area contributed by atoms with Gasteiger partial charge in [-0.05, 0) is 41.5 Å². The predicted molar refractivity (Wildman–Crippen MR) is 110 cm³/mol. The Morgan fingerprint density at radius 3 is 2.44 bits per heavy atom. The summed E-state index contributed by atoms with van der Waals surface area (Å²) < 4.78 is 7.91. The molecule has 1 aromatic heterocycles. The molecular weight excluding hydrogens is 398 g/mol. The number of nitrogens with zero attached hydrogens (tertiary/aromatic N) is 1. The molecule has 0 saturated heterocycles. The zero-order chi connectivity index (χ0) is 18.1. The van der Waals surface area contributed by atoms with Gasteiger partial charge in [0.15, 0.2) is 0 Å². The van der Waals surface area contributed by atoms with Gasteiger partial charge >= 0.3 is 5.97 Å². The second kappa shape index (κ2) is 7.44. The van der Waals surface area contributed by atoms with E-state index in [0.717, 1.165) is 45.0 Å². The Labute approximate surface area is 160 Å². The van der Waals surface area contributed by atoms with E-state index in [1.807, 2.05) is 18.2 Å². The fourth-order valence-corrected chi connectivity index (χ4v) is 5.25. The van der Waals surface area contributed by atoms with Crippen LogP contribution in [0.3, 0.4) is 0 Å². The van der Waals surface area contributed by atoms with Crippen molar-refractivity contribution in [2.75, 3.05) is 13.1 Å². The molecule has 1 heterocycles. The lowest BCUT2D eigenvalue weighted by Gasteiger charge is -2.17. The third-order valence-corrected chi connectivity index (χ3v) is 6.97. The quantitative estimate of drug-likeness (QED) is 0.381. The molecule has 0 N–H and O–H groups in total. The molecular formula is C20H22BrNO2S. The number of aryl methyl sites for hydroxylation is 1. The molecule has 2 aromatic carbocycles. The first-order valence-electron chi connectivity index (χ1n) is 8.50. The lowest BCUT2D eigenvalue weighted by molar-refractivity contribution is -0.131. The summed E-state index contributed by atoms with van der Waals surface area (Å²) in [5, 5.41) is 3.09. The summed E-state index contributed by atoms with van der Waals surface area (Å²) in [6.45, 7) is 10.9. The molecule has 0 spiro atoms. The van der Waals surface area contributed by atoms with E-state index in [9.17, 15) is 4.79 Å². The summed E-state index contributed by atoms with van der Waals surface area (Å²) in [5.74, 6) is 0.394. The minimum Gasteiger partial charge on any atom is -0.425 e. The number of fused-ring (bicyclic) bond motifs is 2. The maximum atomic E-state index is 11.7. The van der Waals surface area contributed by atoms with Crippen molar-refractivity contribution in [3.05, 3.63) is 39.2 Å². The SMILES string of the molecule is CCN(CC)Cc1sc2c(Br)c3ccccc3c(OC(C)=O)c2c1C. The van der Waals surface area contributed by atoms with Gasteiger partial charge < -0.3 is 4.74 Å². The number of carbonyl (C=O) groups is 1. The molecule has 25 heavy (non-hydrogen) atoms. The number of carbonyl (C=O) groups excluding carboxylic acids is 1. The molecule has 3 nitrogen and oxygen atoms in total. The Bertz CT molecular complexity index is 944. The number of esters is 1. The molecule has 0 atom stereocenters. The summed E-state index contributed by atoms with van der Waals surface area (Å²) in [6, 6.07) is 8.06. The summed E-state index contributed by atoms with van der Waals surface area (Å²) >= 11 is 5.57. The molecule has 0 bridgehead atoms. The standard InChI is InChI=1S/C20H22BrNO2S/c1-5-22(6-2)11-16-12(3)17-19(24-13(4)23)15-10-8-7-9-14(15)18(21)20(17)25-16/h7-10H,5-6,11H2,1-4H3. The van der Waals surface area contributed by atoms with Crippen molar-refractivity contribution in [3.63, 3.8) is 0 Å². The first-order valence-corrected chi connectivity index (χ1v) is 10.1. The van der Waals surface area contributed by atoms with Crippen LogP contribution in [0.1, 0.15) is 31.2 Å². The Hall–Kier alpha value is -1.43. The van der Waals surface area contributed by atoms with E-state index in [1.54, 1.807) is 11.3 Å². The average Bonchev–Trinajstić information content (AvgIpc) is 2.93. The molecule has 0 aliphatic carbocycles. The van der Waals surface area contributed by atoms with Gasteiger partial charge in [0.1, 0.15) is 5.75 Å². The molecule has 0 radical (unpaired) electrons. The van der Waals surface area contributed by atoms with Gasteiger partial charge in [-0.1, -0.05) is 38.1 Å². The largest absolute Gasteiger partial charge is 0.425 e. The first-order chi connectivity index (χ1) is 12.0. The van der Waals surface area contributed by atoms with Crippen LogP contribution in [-0.2, 0) is 11.3 Å². The Kier molecular flexibility index (Phi) is 5.46. The Balaban J connectivity index is 2.32. The van der Waals surface area contributed by atoms with Crippen molar-refractivity contribution in [2.45, 2.75) is 34.2 Å². The third-order valence-electron chi connectivity index (χ3n) is 4.59. The van der Waals surface area contributed by atoms with Crippen molar-refractivity contribution in [1.29, 1.82) is 0 Å². The van der Waals surface area contributed by atoms with Crippen LogP contribution >= 0.6 is 27.3 Å². The van der Waals surface area contributed by atoms with Crippen LogP contribution in [0.2, 0.25) is 0 Å². The summed E-state index contributed by atoms with van der Waals surface area (Å²) in [6.07, 6.45) is 0. The number of ether oxygens (including phenoxy) is 1. The van der Waals surface area contributed by atoms with Crippen molar-refractivity contribution in [2.24, 2.45) is 0 Å². The second-order valence-corrected chi connectivity index (χ2v) is 8.00. The van der Waals surface area contributed by atoms with Gasteiger partial charge in [0.25, 0.3) is 0 Å². The van der Waals surface area contributed by atoms with Gasteiger partial charge in [0, 0.05) is 39.0 Å². The lowest BCUT2D eigenvalue weighted by atomic mass is 10.0. The first kappa shape index (κ1) is 18.4. The Morgan fingerprint density at radius 2 is 1.84 bits per heavy atom. The molecule has 0 saturated carbocycles. The van der Waals surface area contributed by atoms with Crippen molar-refractivity contribution in [1.82, 2.24) is 4.90 Å². The molecule has 0 fully saturated rings. The Morgan fingerprint density at radius 1 is 1.20 bits per heavy atom. The molecule has 0 aliphatic rings. The molecule has 0 amide bonds. The highest BCUT2D eigenvalue weighted by Crippen LogP contribution is 2.47. The molecule has 3 rings (SSSR count). The van der Waals surface area contributed by atoms with E-state index in [0.29, 0.717) is 5.75 Å². The van der Waals surface area contributed by atoms with Crippen LogP contribution in [0.15, 0.2) is 28.7 Å². The fraction of sp³-hybridized carbons (Fsp3) is 0.350. The van der Waals surface area contributed by atoms with E-state index in [4.69, 9.17) is 4.74 Å². The number of halogens is 1. The van der Waals surface area contributed by atoms with Crippen LogP contribution in [0.5, 0.6) is 5.75 Å². The van der Waals surface area contributed by atoms with Crippen LogP contribution in [-0.4, -0.2) is 24.0 Å². The topological polar surface area (TPSA) is 29.5 Å². The minimum absolute atomic E-state index is 0.287. The predicted octanol–water partition coefficient (Wildman–Crippen LogP) is 5.89. The lowest BCUT2D eigenvalue weighted by Crippen LogP contribution is -2.21. The normalized spacial score (nSPS) is 11.6. The van der Waals surface area contributed by atoms with Gasteiger partial charge in [0.05, 0.1) is 4.70 Å². The highest BCUT2D eigenvalue weighted by Gasteiger charge is 2.21. The van der Waals surface area contributed by atoms with Crippen molar-refractivity contribution >= 4 is 54.1 Å². The molecule has 132 valence electrons. The van der Waals surface area contributed by atoms with Gasteiger partial charge in [-0.3, -0.25) is 9.69 Å². The van der Waals surface area contributed by atoms with E-state index in [1.165, 1.54) is 17.4 Å². The van der Waals surface area contributed by atoms with Crippen LogP contribution in [0.4, 0.5) is 0 Å². The summed E-state index contributed by atoms with van der Waals surface area (Å²) in [7, 11) is 0. The highest BCUT2D eigenvalue weighted by molar-refractivity contribution is 9.11. The molecule has 0 unspecified atom stereocenters. The fourth-order valence-electron chi connectivity index (χ4n) is 3.17. The summed E-state index contributed by atoms with van der Waals surface area (Å²) in [5.41, 5.74) is 1.20. The van der Waals surface area contributed by atoms with E-state index in [2.05, 4.69) is 47.7 Å². The third kappa shape index (κ3) is 3.33. The number of thiophene rings is 1. The van der Waals surface area contributed by atoms with Crippen LogP contribution in [0, 0.1) is 6.92 Å². The van der Waals surface area contributed by atoms with Crippen LogP contribution < -0.4 is 4.74 Å². The van der Waals surface area contributed by atoms with E-state index in [-0.39, 0.29) is 5.97 Å². The van der Waals surface area contributed by atoms with Crippen molar-refractivity contribution in [3.8, 4) is 5.75 Å². The smallest absolute Gasteiger partial charge is 0.308 e. The van der Waals surface area contributed by atoms with Crippen LogP contribution in [0.25, 0.3) is 20.9 Å². The van der Waals surface area contributed by atoms with Gasteiger partial charge in [-0.15, -0.1) is 11.3 Å². The van der Waals surface area contributed by atoms with Gasteiger partial charge in [-0.2, -0.15) is 0 Å². The number of hydrogen-bond acceptors (Lipinski definition) is 4. The number of hydrogen-bond donors (Lipinski definition) is 0. The van der Waals surface area contributed by atoms with Crippen molar-refractivity contribution < 1.29 is 9.53 Å². The number of benzene rings is 2. The average molecular weight is 420 g/mol. The van der Waals surface area contributed by atoms with Gasteiger partial charge in [0.2, 0.25) is 0 Å². The number of rotatable bonds is 5. The molecule has 3 aromatic rings. The maximum absolute atomic E-state index is 11.7. The van der Waals surface area contributed by atoms with Gasteiger partial charge in [-0.25, -0.2) is 0 Å². The highest BCUT2D eigenvalue weighted by atomic mass is 79.9. The van der Waals surface area contributed by atoms with E-state index < -0.39 is 0 Å². The summed E-state index contributed by atoms with van der Waals surface area (Å²) in [4.78, 5) is 15.5. The molecule has 5 heteroatoms. The zero-order valence-electron chi connectivity index (χ0n) is 15.0. The minimum atomic E-state index is -0.287. The zero-order valence-corrected chi connectivity index (χ0v) is 17.4. The van der Waals surface area contributed by atoms with E-state index >= 15 is 0 Å². The maximum Gasteiger partial charge on any atom is 0.308 e. The second-order valence-electron chi connectivity index (χ2n) is 6.10.